The number of carbonyl (C=O) groups is 1. The molecule has 0 saturated heterocycles. The summed E-state index contributed by atoms with van der Waals surface area (Å²) >= 11 is 0. The van der Waals surface area contributed by atoms with E-state index in [1.165, 1.54) is 7.05 Å². The first-order chi connectivity index (χ1) is 9.24. The van der Waals surface area contributed by atoms with Crippen LogP contribution in [-0.4, -0.2) is 42.9 Å². The number of hydrogen-bond donors (Lipinski definition) is 2. The van der Waals surface area contributed by atoms with Gasteiger partial charge in [0.25, 0.3) is 10.2 Å². The molecule has 0 amide bonds. The Morgan fingerprint density at radius 1 is 1.30 bits per heavy atom. The molecule has 0 saturated carbocycles. The summed E-state index contributed by atoms with van der Waals surface area (Å²) in [6, 6.07) is 7.46. The number of nitrogens with one attached hydrogen (secondary N) is 1. The number of carboxylic acid groups (broad SMARTS) is 1. The summed E-state index contributed by atoms with van der Waals surface area (Å²) in [6.07, 6.45) is 0.0986. The first-order valence-electron chi connectivity index (χ1n) is 6.26. The van der Waals surface area contributed by atoms with Gasteiger partial charge in [-0.05, 0) is 25.8 Å². The SMILES string of the molecule is CC(C)N(C)S(=O)(=O)N[C@H](Cc1ccccc1)C(=O)O. The first-order valence-corrected chi connectivity index (χ1v) is 7.70. The third-order valence-electron chi connectivity index (χ3n) is 2.98. The van der Waals surface area contributed by atoms with Crippen LogP contribution >= 0.6 is 0 Å². The Bertz CT molecular complexity index is 543. The summed E-state index contributed by atoms with van der Waals surface area (Å²) in [5, 5.41) is 9.17. The van der Waals surface area contributed by atoms with Crippen molar-refractivity contribution < 1.29 is 18.3 Å². The second-order valence-corrected chi connectivity index (χ2v) is 6.58. The minimum absolute atomic E-state index is 0.0986. The highest BCUT2D eigenvalue weighted by molar-refractivity contribution is 7.87. The Morgan fingerprint density at radius 3 is 2.30 bits per heavy atom. The van der Waals surface area contributed by atoms with E-state index >= 15 is 0 Å². The lowest BCUT2D eigenvalue weighted by molar-refractivity contribution is -0.138. The molecule has 1 rings (SSSR count). The van der Waals surface area contributed by atoms with Crippen LogP contribution in [0.25, 0.3) is 0 Å². The maximum atomic E-state index is 12.0. The Morgan fingerprint density at radius 2 is 1.85 bits per heavy atom. The van der Waals surface area contributed by atoms with Crippen molar-refractivity contribution in [1.29, 1.82) is 0 Å². The van der Waals surface area contributed by atoms with E-state index in [0.717, 1.165) is 9.87 Å². The van der Waals surface area contributed by atoms with Crippen LogP contribution in [0.4, 0.5) is 0 Å². The Balaban J connectivity index is 2.86. The molecule has 1 aromatic rings. The van der Waals surface area contributed by atoms with Gasteiger partial charge in [0.05, 0.1) is 0 Å². The lowest BCUT2D eigenvalue weighted by Crippen LogP contribution is -2.49. The molecular formula is C13H20N2O4S. The van der Waals surface area contributed by atoms with Gasteiger partial charge in [0, 0.05) is 13.1 Å². The Hall–Kier alpha value is -1.44. The summed E-state index contributed by atoms with van der Waals surface area (Å²) in [5.41, 5.74) is 0.759. The molecule has 7 heteroatoms. The van der Waals surface area contributed by atoms with Gasteiger partial charge in [-0.25, -0.2) is 0 Å². The van der Waals surface area contributed by atoms with Crippen molar-refractivity contribution in [3.8, 4) is 0 Å². The van der Waals surface area contributed by atoms with Gasteiger partial charge in [-0.2, -0.15) is 17.4 Å². The Kier molecular flexibility index (Phi) is 5.67. The summed E-state index contributed by atoms with van der Waals surface area (Å²) in [5.74, 6) is -1.20. The third kappa shape index (κ3) is 4.59. The fourth-order valence-corrected chi connectivity index (χ4v) is 2.83. The number of aliphatic carboxylic acids is 1. The zero-order valence-electron chi connectivity index (χ0n) is 11.8. The van der Waals surface area contributed by atoms with E-state index in [9.17, 15) is 18.3 Å². The molecule has 0 bridgehead atoms. The van der Waals surface area contributed by atoms with E-state index in [0.29, 0.717) is 0 Å². The zero-order valence-corrected chi connectivity index (χ0v) is 12.6. The Labute approximate surface area is 119 Å². The molecule has 2 N–H and O–H groups in total. The fourth-order valence-electron chi connectivity index (χ4n) is 1.57. The van der Waals surface area contributed by atoms with Crippen LogP contribution in [0.5, 0.6) is 0 Å². The molecule has 0 aliphatic heterocycles. The lowest BCUT2D eigenvalue weighted by Gasteiger charge is -2.23. The number of rotatable bonds is 7. The number of nitrogens with zero attached hydrogens (tertiary/aromatic N) is 1. The predicted molar refractivity (Wildman–Crippen MR) is 76.5 cm³/mol. The van der Waals surface area contributed by atoms with Crippen LogP contribution in [0, 0.1) is 0 Å². The molecule has 1 aromatic carbocycles. The normalized spacial score (nSPS) is 13.7. The van der Waals surface area contributed by atoms with Crippen molar-refractivity contribution in [2.45, 2.75) is 32.4 Å². The molecule has 0 fully saturated rings. The molecule has 0 heterocycles. The van der Waals surface area contributed by atoms with E-state index in [2.05, 4.69) is 4.72 Å². The molecule has 112 valence electrons. The smallest absolute Gasteiger partial charge is 0.322 e. The highest BCUT2D eigenvalue weighted by Gasteiger charge is 2.28. The predicted octanol–water partition coefficient (Wildman–Crippen LogP) is 0.857. The number of hydrogen-bond acceptors (Lipinski definition) is 3. The first kappa shape index (κ1) is 16.6. The number of benzene rings is 1. The van der Waals surface area contributed by atoms with Gasteiger partial charge in [0.1, 0.15) is 6.04 Å². The zero-order chi connectivity index (χ0) is 15.3. The molecule has 0 aromatic heterocycles. The lowest BCUT2D eigenvalue weighted by atomic mass is 10.1. The largest absolute Gasteiger partial charge is 0.480 e. The monoisotopic (exact) mass is 300 g/mol. The molecule has 6 nitrogen and oxygen atoms in total. The molecule has 0 spiro atoms. The van der Waals surface area contributed by atoms with Crippen molar-refractivity contribution in [1.82, 2.24) is 9.03 Å². The second kappa shape index (κ2) is 6.83. The van der Waals surface area contributed by atoms with Gasteiger partial charge in [-0.15, -0.1) is 0 Å². The minimum Gasteiger partial charge on any atom is -0.480 e. The quantitative estimate of drug-likeness (QED) is 0.782. The van der Waals surface area contributed by atoms with Gasteiger partial charge in [0.2, 0.25) is 0 Å². The molecule has 0 aliphatic rings. The summed E-state index contributed by atoms with van der Waals surface area (Å²) in [6.45, 7) is 3.43. The van der Waals surface area contributed by atoms with E-state index in [1.54, 1.807) is 38.1 Å². The number of carboxylic acids is 1. The van der Waals surface area contributed by atoms with Crippen molar-refractivity contribution in [3.63, 3.8) is 0 Å². The van der Waals surface area contributed by atoms with Crippen LogP contribution in [0.1, 0.15) is 19.4 Å². The van der Waals surface area contributed by atoms with Gasteiger partial charge >= 0.3 is 5.97 Å². The topological polar surface area (TPSA) is 86.7 Å². The highest BCUT2D eigenvalue weighted by Crippen LogP contribution is 2.07. The van der Waals surface area contributed by atoms with E-state index < -0.39 is 22.2 Å². The van der Waals surface area contributed by atoms with Crippen molar-refractivity contribution >= 4 is 16.2 Å². The maximum absolute atomic E-state index is 12.0. The fraction of sp³-hybridized carbons (Fsp3) is 0.462. The molecule has 1 atom stereocenters. The second-order valence-electron chi connectivity index (χ2n) is 4.81. The summed E-state index contributed by atoms with van der Waals surface area (Å²) in [4.78, 5) is 11.2. The van der Waals surface area contributed by atoms with Gasteiger partial charge in [0.15, 0.2) is 0 Å². The van der Waals surface area contributed by atoms with Crippen molar-refractivity contribution in [2.75, 3.05) is 7.05 Å². The van der Waals surface area contributed by atoms with Crippen LogP contribution < -0.4 is 4.72 Å². The van der Waals surface area contributed by atoms with Crippen molar-refractivity contribution in [3.05, 3.63) is 35.9 Å². The van der Waals surface area contributed by atoms with Crippen LogP contribution in [0.3, 0.4) is 0 Å². The van der Waals surface area contributed by atoms with Gasteiger partial charge in [-0.3, -0.25) is 4.79 Å². The maximum Gasteiger partial charge on any atom is 0.322 e. The summed E-state index contributed by atoms with van der Waals surface area (Å²) < 4.78 is 27.4. The molecule has 20 heavy (non-hydrogen) atoms. The van der Waals surface area contributed by atoms with Crippen LogP contribution in [0.15, 0.2) is 30.3 Å². The summed E-state index contributed by atoms with van der Waals surface area (Å²) in [7, 11) is -2.41. The standard InChI is InChI=1S/C13H20N2O4S/c1-10(2)15(3)20(18,19)14-12(13(16)17)9-11-7-5-4-6-8-11/h4-8,10,12,14H,9H2,1-3H3,(H,16,17)/t12-/m1/s1. The van der Waals surface area contributed by atoms with Crippen molar-refractivity contribution in [2.24, 2.45) is 0 Å². The third-order valence-corrected chi connectivity index (χ3v) is 4.74. The average Bonchev–Trinajstić information content (AvgIpc) is 2.37. The van der Waals surface area contributed by atoms with E-state index in [1.807, 2.05) is 6.07 Å². The molecule has 0 unspecified atom stereocenters. The molecule has 0 radical (unpaired) electrons. The minimum atomic E-state index is -3.82. The molecule has 0 aliphatic carbocycles. The van der Waals surface area contributed by atoms with Gasteiger partial charge in [-0.1, -0.05) is 30.3 Å². The van der Waals surface area contributed by atoms with E-state index in [-0.39, 0.29) is 12.5 Å². The van der Waals surface area contributed by atoms with Gasteiger partial charge < -0.3 is 5.11 Å². The highest BCUT2D eigenvalue weighted by atomic mass is 32.2. The van der Waals surface area contributed by atoms with Crippen LogP contribution in [-0.2, 0) is 21.4 Å². The average molecular weight is 300 g/mol. The van der Waals surface area contributed by atoms with E-state index in [4.69, 9.17) is 0 Å². The molecular weight excluding hydrogens is 280 g/mol. The van der Waals surface area contributed by atoms with Crippen LogP contribution in [0.2, 0.25) is 0 Å².